The van der Waals surface area contributed by atoms with Gasteiger partial charge in [0, 0.05) is 10.8 Å². The first kappa shape index (κ1) is 21.9. The van der Waals surface area contributed by atoms with Crippen LogP contribution in [0, 0.1) is 0 Å². The summed E-state index contributed by atoms with van der Waals surface area (Å²) in [6.45, 7) is 1.08. The first-order valence-electron chi connectivity index (χ1n) is 12.2. The molecule has 0 heterocycles. The topological polar surface area (TPSA) is 18.5 Å². The third-order valence-electron chi connectivity index (χ3n) is 6.53. The van der Waals surface area contributed by atoms with Gasteiger partial charge in [-0.3, -0.25) is 0 Å². The lowest BCUT2D eigenvalue weighted by atomic mass is 10.0. The van der Waals surface area contributed by atoms with Gasteiger partial charge in [0.25, 0.3) is 0 Å². The van der Waals surface area contributed by atoms with Crippen LogP contribution in [0.2, 0.25) is 0 Å². The van der Waals surface area contributed by atoms with Crippen molar-refractivity contribution in [3.63, 3.8) is 0 Å². The molecule has 0 radical (unpaired) electrons. The standard InChI is InChI=1S/C34H26O2/c1-3-11-31-29(7-1)9-5-13-33(31)35-23-25-15-19-27(20-16-25)28-21-17-26(18-22-28)24-36-34-14-6-10-30-8-2-4-12-32(30)34/h1-22H,23-24H2. The van der Waals surface area contributed by atoms with Crippen LogP contribution in [-0.2, 0) is 13.2 Å². The summed E-state index contributed by atoms with van der Waals surface area (Å²) >= 11 is 0. The molecule has 0 fully saturated rings. The molecule has 0 saturated heterocycles. The minimum Gasteiger partial charge on any atom is -0.488 e. The molecule has 0 bridgehead atoms. The van der Waals surface area contributed by atoms with Crippen LogP contribution in [0.3, 0.4) is 0 Å². The molecule has 174 valence electrons. The van der Waals surface area contributed by atoms with Crippen LogP contribution < -0.4 is 9.47 Å². The SMILES string of the molecule is c1ccc2c(OCc3ccc(-c4ccc(COc5cccc6ccccc56)cc4)cc3)cccc2c1. The first-order chi connectivity index (χ1) is 17.8. The second-order valence-corrected chi connectivity index (χ2v) is 8.93. The Labute approximate surface area is 211 Å². The molecule has 0 spiro atoms. The Morgan fingerprint density at radius 1 is 0.361 bits per heavy atom. The fourth-order valence-electron chi connectivity index (χ4n) is 4.55. The predicted molar refractivity (Wildman–Crippen MR) is 148 cm³/mol. The van der Waals surface area contributed by atoms with Crippen molar-refractivity contribution in [2.45, 2.75) is 13.2 Å². The highest BCUT2D eigenvalue weighted by molar-refractivity contribution is 5.88. The van der Waals surface area contributed by atoms with Gasteiger partial charge in [-0.05, 0) is 45.2 Å². The van der Waals surface area contributed by atoms with E-state index in [4.69, 9.17) is 9.47 Å². The van der Waals surface area contributed by atoms with Crippen LogP contribution in [0.25, 0.3) is 32.7 Å². The van der Waals surface area contributed by atoms with E-state index in [1.807, 2.05) is 36.4 Å². The van der Waals surface area contributed by atoms with E-state index >= 15 is 0 Å². The van der Waals surface area contributed by atoms with Crippen molar-refractivity contribution in [3.8, 4) is 22.6 Å². The Bertz CT molecular complexity index is 1480. The highest BCUT2D eigenvalue weighted by atomic mass is 16.5. The normalized spacial score (nSPS) is 11.0. The molecule has 2 heteroatoms. The zero-order valence-electron chi connectivity index (χ0n) is 19.9. The minimum absolute atomic E-state index is 0.540. The van der Waals surface area contributed by atoms with Crippen molar-refractivity contribution in [3.05, 3.63) is 145 Å². The molecule has 0 aromatic heterocycles. The fourth-order valence-corrected chi connectivity index (χ4v) is 4.55. The summed E-state index contributed by atoms with van der Waals surface area (Å²) in [5.74, 6) is 1.83. The zero-order valence-corrected chi connectivity index (χ0v) is 19.9. The van der Waals surface area contributed by atoms with Gasteiger partial charge >= 0.3 is 0 Å². The maximum absolute atomic E-state index is 6.14. The van der Waals surface area contributed by atoms with Gasteiger partial charge in [0.2, 0.25) is 0 Å². The van der Waals surface area contributed by atoms with E-state index in [9.17, 15) is 0 Å². The van der Waals surface area contributed by atoms with Crippen LogP contribution in [0.1, 0.15) is 11.1 Å². The Morgan fingerprint density at radius 2 is 0.750 bits per heavy atom. The van der Waals surface area contributed by atoms with Gasteiger partial charge < -0.3 is 9.47 Å². The van der Waals surface area contributed by atoms with E-state index in [1.54, 1.807) is 0 Å². The number of fused-ring (bicyclic) bond motifs is 2. The van der Waals surface area contributed by atoms with Crippen LogP contribution in [0.5, 0.6) is 11.5 Å². The smallest absolute Gasteiger partial charge is 0.127 e. The third kappa shape index (κ3) is 4.67. The van der Waals surface area contributed by atoms with Crippen molar-refractivity contribution < 1.29 is 9.47 Å². The zero-order chi connectivity index (χ0) is 24.2. The highest BCUT2D eigenvalue weighted by Gasteiger charge is 2.05. The maximum atomic E-state index is 6.14. The molecule has 6 aromatic carbocycles. The van der Waals surface area contributed by atoms with E-state index in [1.165, 1.54) is 21.9 Å². The molecular weight excluding hydrogens is 440 g/mol. The van der Waals surface area contributed by atoms with Gasteiger partial charge in [0.15, 0.2) is 0 Å². The first-order valence-corrected chi connectivity index (χ1v) is 12.2. The van der Waals surface area contributed by atoms with Crippen molar-refractivity contribution in [1.82, 2.24) is 0 Å². The lowest BCUT2D eigenvalue weighted by Gasteiger charge is -2.11. The van der Waals surface area contributed by atoms with E-state index < -0.39 is 0 Å². The minimum atomic E-state index is 0.540. The van der Waals surface area contributed by atoms with Gasteiger partial charge in [0.05, 0.1) is 0 Å². The molecule has 2 nitrogen and oxygen atoms in total. The van der Waals surface area contributed by atoms with Gasteiger partial charge in [-0.1, -0.05) is 121 Å². The second-order valence-electron chi connectivity index (χ2n) is 8.93. The second kappa shape index (κ2) is 9.97. The molecule has 6 aromatic rings. The average Bonchev–Trinajstić information content (AvgIpc) is 2.95. The van der Waals surface area contributed by atoms with Gasteiger partial charge in [-0.25, -0.2) is 0 Å². The lowest BCUT2D eigenvalue weighted by Crippen LogP contribution is -1.96. The van der Waals surface area contributed by atoms with E-state index in [0.29, 0.717) is 13.2 Å². The molecular formula is C34H26O2. The number of hydrogen-bond donors (Lipinski definition) is 0. The third-order valence-corrected chi connectivity index (χ3v) is 6.53. The Kier molecular flexibility index (Phi) is 6.08. The molecule has 36 heavy (non-hydrogen) atoms. The summed E-state index contributed by atoms with van der Waals surface area (Å²) in [4.78, 5) is 0. The fraction of sp³-hybridized carbons (Fsp3) is 0.0588. The summed E-state index contributed by atoms with van der Waals surface area (Å²) in [5.41, 5.74) is 4.66. The van der Waals surface area contributed by atoms with E-state index in [-0.39, 0.29) is 0 Å². The molecule has 0 aliphatic rings. The van der Waals surface area contributed by atoms with E-state index in [2.05, 4.69) is 97.1 Å². The number of ether oxygens (including phenoxy) is 2. The Morgan fingerprint density at radius 3 is 1.19 bits per heavy atom. The van der Waals surface area contributed by atoms with Crippen LogP contribution in [0.15, 0.2) is 133 Å². The summed E-state index contributed by atoms with van der Waals surface area (Å²) in [6.07, 6.45) is 0. The van der Waals surface area contributed by atoms with Crippen LogP contribution in [-0.4, -0.2) is 0 Å². The van der Waals surface area contributed by atoms with Crippen molar-refractivity contribution in [2.24, 2.45) is 0 Å². The lowest BCUT2D eigenvalue weighted by molar-refractivity contribution is 0.310. The summed E-state index contributed by atoms with van der Waals surface area (Å²) < 4.78 is 12.3. The van der Waals surface area contributed by atoms with Gasteiger partial charge in [0.1, 0.15) is 24.7 Å². The molecule has 0 saturated carbocycles. The largest absolute Gasteiger partial charge is 0.488 e. The maximum Gasteiger partial charge on any atom is 0.127 e. The van der Waals surface area contributed by atoms with Crippen molar-refractivity contribution in [2.75, 3.05) is 0 Å². The Balaban J connectivity index is 1.10. The summed E-state index contributed by atoms with van der Waals surface area (Å²) in [7, 11) is 0. The quantitative estimate of drug-likeness (QED) is 0.234. The molecule has 0 N–H and O–H groups in total. The monoisotopic (exact) mass is 466 g/mol. The molecule has 0 unspecified atom stereocenters. The number of hydrogen-bond acceptors (Lipinski definition) is 2. The van der Waals surface area contributed by atoms with Crippen molar-refractivity contribution in [1.29, 1.82) is 0 Å². The molecule has 0 aliphatic heterocycles. The molecule has 0 aliphatic carbocycles. The van der Waals surface area contributed by atoms with Gasteiger partial charge in [-0.2, -0.15) is 0 Å². The summed E-state index contributed by atoms with van der Waals surface area (Å²) in [6, 6.07) is 46.1. The molecule has 0 amide bonds. The molecule has 6 rings (SSSR count). The van der Waals surface area contributed by atoms with Gasteiger partial charge in [-0.15, -0.1) is 0 Å². The predicted octanol–water partition coefficient (Wildman–Crippen LogP) is 8.82. The highest BCUT2D eigenvalue weighted by Crippen LogP contribution is 2.28. The Hall–Kier alpha value is -4.56. The number of rotatable bonds is 7. The molecule has 0 atom stereocenters. The van der Waals surface area contributed by atoms with E-state index in [0.717, 1.165) is 33.4 Å². The van der Waals surface area contributed by atoms with Crippen LogP contribution >= 0.6 is 0 Å². The van der Waals surface area contributed by atoms with Crippen molar-refractivity contribution >= 4 is 21.5 Å². The van der Waals surface area contributed by atoms with Crippen LogP contribution in [0.4, 0.5) is 0 Å². The number of benzene rings is 6. The summed E-state index contributed by atoms with van der Waals surface area (Å²) in [5, 5.41) is 4.66. The average molecular weight is 467 g/mol.